The number of halogens is 1. The third kappa shape index (κ3) is 2.43. The van der Waals surface area contributed by atoms with E-state index in [0.717, 1.165) is 14.8 Å². The zero-order chi connectivity index (χ0) is 13.2. The summed E-state index contributed by atoms with van der Waals surface area (Å²) in [7, 11) is 0. The van der Waals surface area contributed by atoms with Gasteiger partial charge in [0, 0.05) is 9.13 Å². The molecule has 0 unspecified atom stereocenters. The minimum atomic E-state index is 0.582. The van der Waals surface area contributed by atoms with Crippen LogP contribution in [0.15, 0.2) is 48.5 Å². The fraction of sp³-hybridized carbons (Fsp3) is 0. The number of anilines is 1. The second kappa shape index (κ2) is 4.96. The molecule has 0 aliphatic carbocycles. The van der Waals surface area contributed by atoms with Crippen LogP contribution < -0.4 is 5.73 Å². The Morgan fingerprint density at radius 2 is 1.84 bits per heavy atom. The zero-order valence-corrected chi connectivity index (χ0v) is 12.0. The Labute approximate surface area is 123 Å². The Hall–Kier alpha value is -1.96. The first-order valence-corrected chi connectivity index (χ1v) is 6.73. The van der Waals surface area contributed by atoms with E-state index < -0.39 is 0 Å². The molecule has 19 heavy (non-hydrogen) atoms. The predicted molar refractivity (Wildman–Crippen MR) is 81.7 cm³/mol. The average molecular weight is 363 g/mol. The molecule has 0 aliphatic heterocycles. The number of nitrogens with zero attached hydrogens (tertiary/aromatic N) is 4. The molecule has 2 aromatic carbocycles. The van der Waals surface area contributed by atoms with Crippen molar-refractivity contribution >= 4 is 28.3 Å². The summed E-state index contributed by atoms with van der Waals surface area (Å²) in [6.45, 7) is 0. The van der Waals surface area contributed by atoms with Crippen LogP contribution in [-0.4, -0.2) is 20.2 Å². The molecule has 1 aromatic heterocycles. The lowest BCUT2D eigenvalue weighted by molar-refractivity contribution is 0.721. The first kappa shape index (κ1) is 12.1. The van der Waals surface area contributed by atoms with Crippen molar-refractivity contribution in [1.29, 1.82) is 0 Å². The summed E-state index contributed by atoms with van der Waals surface area (Å²) in [6, 6.07) is 15.4. The summed E-state index contributed by atoms with van der Waals surface area (Å²) in [5.74, 6) is 0.582. The Kier molecular flexibility index (Phi) is 3.16. The van der Waals surface area contributed by atoms with E-state index in [0.29, 0.717) is 11.5 Å². The molecule has 0 atom stereocenters. The molecule has 0 radical (unpaired) electrons. The van der Waals surface area contributed by atoms with Gasteiger partial charge in [-0.2, -0.15) is 0 Å². The minimum Gasteiger partial charge on any atom is -0.397 e. The van der Waals surface area contributed by atoms with Crippen LogP contribution in [0.1, 0.15) is 0 Å². The summed E-state index contributed by atoms with van der Waals surface area (Å²) >= 11 is 2.21. The van der Waals surface area contributed by atoms with Crippen molar-refractivity contribution in [2.45, 2.75) is 0 Å². The third-order valence-electron chi connectivity index (χ3n) is 2.65. The van der Waals surface area contributed by atoms with Crippen molar-refractivity contribution in [1.82, 2.24) is 20.2 Å². The van der Waals surface area contributed by atoms with Crippen LogP contribution in [0, 0.1) is 3.57 Å². The molecular weight excluding hydrogens is 353 g/mol. The number of tetrazole rings is 1. The van der Waals surface area contributed by atoms with Gasteiger partial charge < -0.3 is 5.73 Å². The molecule has 1 heterocycles. The summed E-state index contributed by atoms with van der Waals surface area (Å²) in [5.41, 5.74) is 8.26. The normalized spacial score (nSPS) is 10.6. The van der Waals surface area contributed by atoms with E-state index in [4.69, 9.17) is 5.73 Å². The molecular formula is C13H10IN5. The molecule has 3 rings (SSSR count). The second-order valence-electron chi connectivity index (χ2n) is 3.97. The van der Waals surface area contributed by atoms with Gasteiger partial charge in [0.2, 0.25) is 5.82 Å². The van der Waals surface area contributed by atoms with Crippen LogP contribution in [0.3, 0.4) is 0 Å². The number of hydrogen-bond donors (Lipinski definition) is 1. The highest BCUT2D eigenvalue weighted by Gasteiger charge is 2.09. The molecule has 0 spiro atoms. The van der Waals surface area contributed by atoms with Crippen molar-refractivity contribution < 1.29 is 0 Å². The van der Waals surface area contributed by atoms with Crippen LogP contribution in [0.2, 0.25) is 0 Å². The van der Waals surface area contributed by atoms with Gasteiger partial charge in [-0.3, -0.25) is 0 Å². The molecule has 0 aliphatic rings. The Morgan fingerprint density at radius 1 is 1.05 bits per heavy atom. The van der Waals surface area contributed by atoms with Gasteiger partial charge in [-0.15, -0.1) is 15.0 Å². The van der Waals surface area contributed by atoms with Gasteiger partial charge >= 0.3 is 0 Å². The first-order valence-electron chi connectivity index (χ1n) is 5.65. The summed E-state index contributed by atoms with van der Waals surface area (Å²) in [6.07, 6.45) is 0. The molecule has 0 saturated heterocycles. The summed E-state index contributed by atoms with van der Waals surface area (Å²) in [5, 5.41) is 12.5. The standard InChI is InChI=1S/C13H10IN5/c14-10-6-7-12(11(15)8-10)19-17-13(16-18-19)9-4-2-1-3-5-9/h1-8H,15H2. The fourth-order valence-electron chi connectivity index (χ4n) is 1.73. The van der Waals surface area contributed by atoms with E-state index in [1.165, 1.54) is 4.80 Å². The molecule has 0 saturated carbocycles. The molecule has 3 aromatic rings. The van der Waals surface area contributed by atoms with Crippen LogP contribution in [-0.2, 0) is 0 Å². The zero-order valence-electron chi connectivity index (χ0n) is 9.86. The topological polar surface area (TPSA) is 69.6 Å². The van der Waals surface area contributed by atoms with E-state index in [-0.39, 0.29) is 0 Å². The molecule has 0 bridgehead atoms. The SMILES string of the molecule is Nc1cc(I)ccc1-n1nnc(-c2ccccc2)n1. The van der Waals surface area contributed by atoms with Crippen molar-refractivity contribution in [2.24, 2.45) is 0 Å². The molecule has 0 amide bonds. The van der Waals surface area contributed by atoms with E-state index in [9.17, 15) is 0 Å². The van der Waals surface area contributed by atoms with E-state index in [2.05, 4.69) is 38.0 Å². The third-order valence-corrected chi connectivity index (χ3v) is 3.32. The highest BCUT2D eigenvalue weighted by molar-refractivity contribution is 14.1. The maximum atomic E-state index is 5.97. The van der Waals surface area contributed by atoms with Crippen molar-refractivity contribution in [3.63, 3.8) is 0 Å². The van der Waals surface area contributed by atoms with Gasteiger partial charge in [-0.05, 0) is 46.0 Å². The number of rotatable bonds is 2. The van der Waals surface area contributed by atoms with Gasteiger partial charge in [-0.25, -0.2) is 0 Å². The summed E-state index contributed by atoms with van der Waals surface area (Å²) < 4.78 is 1.07. The van der Waals surface area contributed by atoms with Gasteiger partial charge in [0.15, 0.2) is 0 Å². The van der Waals surface area contributed by atoms with E-state index >= 15 is 0 Å². The van der Waals surface area contributed by atoms with E-state index in [1.54, 1.807) is 0 Å². The number of benzene rings is 2. The van der Waals surface area contributed by atoms with Crippen molar-refractivity contribution in [2.75, 3.05) is 5.73 Å². The largest absolute Gasteiger partial charge is 0.397 e. The van der Waals surface area contributed by atoms with Gasteiger partial charge in [0.05, 0.1) is 5.69 Å². The minimum absolute atomic E-state index is 0.582. The molecule has 2 N–H and O–H groups in total. The van der Waals surface area contributed by atoms with Crippen LogP contribution in [0.5, 0.6) is 0 Å². The van der Waals surface area contributed by atoms with Crippen molar-refractivity contribution in [3.05, 3.63) is 52.1 Å². The first-order chi connectivity index (χ1) is 9.24. The Morgan fingerprint density at radius 3 is 2.58 bits per heavy atom. The second-order valence-corrected chi connectivity index (χ2v) is 5.22. The number of nitrogen functional groups attached to an aromatic ring is 1. The lowest BCUT2D eigenvalue weighted by Gasteiger charge is -2.03. The van der Waals surface area contributed by atoms with Gasteiger partial charge in [0.1, 0.15) is 5.69 Å². The molecule has 5 nitrogen and oxygen atoms in total. The monoisotopic (exact) mass is 363 g/mol. The maximum absolute atomic E-state index is 5.97. The molecule has 0 fully saturated rings. The van der Waals surface area contributed by atoms with Crippen LogP contribution >= 0.6 is 22.6 Å². The number of aromatic nitrogens is 4. The highest BCUT2D eigenvalue weighted by Crippen LogP contribution is 2.20. The number of nitrogens with two attached hydrogens (primary N) is 1. The lowest BCUT2D eigenvalue weighted by atomic mass is 10.2. The Bertz CT molecular complexity index is 708. The van der Waals surface area contributed by atoms with Gasteiger partial charge in [-0.1, -0.05) is 30.3 Å². The smallest absolute Gasteiger partial charge is 0.205 e. The molecule has 94 valence electrons. The van der Waals surface area contributed by atoms with Crippen LogP contribution in [0.4, 0.5) is 5.69 Å². The Balaban J connectivity index is 2.02. The fourth-order valence-corrected chi connectivity index (χ4v) is 2.24. The van der Waals surface area contributed by atoms with Gasteiger partial charge in [0.25, 0.3) is 0 Å². The summed E-state index contributed by atoms with van der Waals surface area (Å²) in [4.78, 5) is 1.45. The quantitative estimate of drug-likeness (QED) is 0.561. The number of hydrogen-bond acceptors (Lipinski definition) is 4. The maximum Gasteiger partial charge on any atom is 0.205 e. The lowest BCUT2D eigenvalue weighted by Crippen LogP contribution is -2.03. The predicted octanol–water partition coefficient (Wildman–Crippen LogP) is 2.52. The van der Waals surface area contributed by atoms with Crippen LogP contribution in [0.25, 0.3) is 17.1 Å². The van der Waals surface area contributed by atoms with E-state index in [1.807, 2.05) is 48.5 Å². The highest BCUT2D eigenvalue weighted by atomic mass is 127. The van der Waals surface area contributed by atoms with Crippen molar-refractivity contribution in [3.8, 4) is 17.1 Å². The average Bonchev–Trinajstić information content (AvgIpc) is 2.89. The molecule has 6 heteroatoms.